The van der Waals surface area contributed by atoms with Crippen LogP contribution in [0.5, 0.6) is 5.75 Å². The first-order valence-corrected chi connectivity index (χ1v) is 7.17. The number of halogens is 1. The fraction of sp³-hybridized carbons (Fsp3) is 0.250. The van der Waals surface area contributed by atoms with Crippen molar-refractivity contribution in [2.75, 3.05) is 19.1 Å². The first kappa shape index (κ1) is 14.9. The molecule has 4 heteroatoms. The number of rotatable bonds is 4. The van der Waals surface area contributed by atoms with Gasteiger partial charge in [0.05, 0.1) is 13.2 Å². The lowest BCUT2D eigenvalue weighted by molar-refractivity contribution is 0.200. The van der Waals surface area contributed by atoms with Crippen LogP contribution in [-0.2, 0) is 0 Å². The molecule has 2 aromatic rings. The molecule has 0 aliphatic heterocycles. The first-order valence-electron chi connectivity index (χ1n) is 6.38. The largest absolute Gasteiger partial charge is 0.497 e. The van der Waals surface area contributed by atoms with Gasteiger partial charge in [-0.2, -0.15) is 0 Å². The molecule has 0 amide bonds. The van der Waals surface area contributed by atoms with Gasteiger partial charge in [-0.3, -0.25) is 0 Å². The van der Waals surface area contributed by atoms with Gasteiger partial charge in [-0.05, 0) is 31.2 Å². The summed E-state index contributed by atoms with van der Waals surface area (Å²) >= 11 is 3.48. The van der Waals surface area contributed by atoms with Gasteiger partial charge in [0.1, 0.15) is 5.75 Å². The van der Waals surface area contributed by atoms with Crippen LogP contribution < -0.4 is 9.64 Å². The van der Waals surface area contributed by atoms with E-state index in [4.69, 9.17) is 4.74 Å². The highest BCUT2D eigenvalue weighted by atomic mass is 79.9. The van der Waals surface area contributed by atoms with E-state index in [9.17, 15) is 5.11 Å². The molecule has 0 spiro atoms. The highest BCUT2D eigenvalue weighted by molar-refractivity contribution is 9.10. The van der Waals surface area contributed by atoms with E-state index in [0.717, 1.165) is 27.2 Å². The summed E-state index contributed by atoms with van der Waals surface area (Å²) in [6.07, 6.45) is -0.522. The van der Waals surface area contributed by atoms with Crippen molar-refractivity contribution in [1.29, 1.82) is 0 Å². The zero-order valence-corrected chi connectivity index (χ0v) is 13.4. The Hall–Kier alpha value is -1.52. The van der Waals surface area contributed by atoms with Gasteiger partial charge < -0.3 is 14.7 Å². The third-order valence-electron chi connectivity index (χ3n) is 3.24. The minimum absolute atomic E-state index is 0.522. The van der Waals surface area contributed by atoms with Gasteiger partial charge in [0.15, 0.2) is 0 Å². The summed E-state index contributed by atoms with van der Waals surface area (Å²) in [6, 6.07) is 13.7. The van der Waals surface area contributed by atoms with Crippen LogP contribution >= 0.6 is 15.9 Å². The van der Waals surface area contributed by atoms with Crippen molar-refractivity contribution >= 4 is 27.3 Å². The summed E-state index contributed by atoms with van der Waals surface area (Å²) in [4.78, 5) is 2.04. The average molecular weight is 336 g/mol. The molecule has 0 fully saturated rings. The summed E-state index contributed by atoms with van der Waals surface area (Å²) in [5, 5.41) is 9.93. The van der Waals surface area contributed by atoms with Gasteiger partial charge in [0, 0.05) is 34.5 Å². The minimum Gasteiger partial charge on any atom is -0.497 e. The Kier molecular flexibility index (Phi) is 4.68. The monoisotopic (exact) mass is 335 g/mol. The number of anilines is 2. The number of hydrogen-bond donors (Lipinski definition) is 1. The van der Waals surface area contributed by atoms with Crippen molar-refractivity contribution in [1.82, 2.24) is 0 Å². The zero-order chi connectivity index (χ0) is 14.7. The van der Waals surface area contributed by atoms with Crippen molar-refractivity contribution < 1.29 is 9.84 Å². The summed E-state index contributed by atoms with van der Waals surface area (Å²) < 4.78 is 6.24. The topological polar surface area (TPSA) is 32.7 Å². The molecule has 1 N–H and O–H groups in total. The van der Waals surface area contributed by atoms with Crippen LogP contribution in [0.3, 0.4) is 0 Å². The Bertz CT molecular complexity index is 599. The number of methoxy groups -OCH3 is 1. The highest BCUT2D eigenvalue weighted by Gasteiger charge is 2.14. The lowest BCUT2D eigenvalue weighted by Crippen LogP contribution is -2.13. The Morgan fingerprint density at radius 3 is 2.60 bits per heavy atom. The number of hydrogen-bond acceptors (Lipinski definition) is 3. The molecular weight excluding hydrogens is 318 g/mol. The smallest absolute Gasteiger partial charge is 0.120 e. The van der Waals surface area contributed by atoms with Crippen LogP contribution in [-0.4, -0.2) is 19.3 Å². The molecule has 106 valence electrons. The van der Waals surface area contributed by atoms with Gasteiger partial charge >= 0.3 is 0 Å². The fourth-order valence-electron chi connectivity index (χ4n) is 2.12. The molecule has 0 aliphatic rings. The standard InChI is InChI=1S/C16H18BrNO2/c1-11(19)15-8-7-12(17)9-16(15)18(2)13-5-4-6-14(10-13)20-3/h4-11,19H,1-3H3. The molecule has 0 aliphatic carbocycles. The van der Waals surface area contributed by atoms with E-state index in [2.05, 4.69) is 15.9 Å². The quantitative estimate of drug-likeness (QED) is 0.905. The molecule has 1 atom stereocenters. The van der Waals surface area contributed by atoms with Gasteiger partial charge in [0.2, 0.25) is 0 Å². The number of nitrogens with zero attached hydrogens (tertiary/aromatic N) is 1. The van der Waals surface area contributed by atoms with Crippen molar-refractivity contribution in [3.8, 4) is 5.75 Å². The van der Waals surface area contributed by atoms with Crippen LogP contribution in [0, 0.1) is 0 Å². The molecule has 0 heterocycles. The SMILES string of the molecule is COc1cccc(N(C)c2cc(Br)ccc2C(C)O)c1. The maximum absolute atomic E-state index is 9.93. The number of aliphatic hydroxyl groups is 1. The Balaban J connectivity index is 2.46. The van der Waals surface area contributed by atoms with E-state index >= 15 is 0 Å². The fourth-order valence-corrected chi connectivity index (χ4v) is 2.47. The van der Waals surface area contributed by atoms with Crippen molar-refractivity contribution in [2.24, 2.45) is 0 Å². The van der Waals surface area contributed by atoms with Crippen LogP contribution in [0.2, 0.25) is 0 Å². The number of aliphatic hydroxyl groups excluding tert-OH is 1. The molecule has 1 unspecified atom stereocenters. The lowest BCUT2D eigenvalue weighted by atomic mass is 10.1. The summed E-state index contributed by atoms with van der Waals surface area (Å²) in [5.74, 6) is 0.808. The van der Waals surface area contributed by atoms with E-state index in [1.165, 1.54) is 0 Å². The molecule has 0 radical (unpaired) electrons. The first-order chi connectivity index (χ1) is 9.52. The molecular formula is C16H18BrNO2. The normalized spacial score (nSPS) is 12.1. The van der Waals surface area contributed by atoms with Crippen LogP contribution in [0.1, 0.15) is 18.6 Å². The average Bonchev–Trinajstić information content (AvgIpc) is 2.46. The number of benzene rings is 2. The van der Waals surface area contributed by atoms with Crippen molar-refractivity contribution in [3.63, 3.8) is 0 Å². The second-order valence-corrected chi connectivity index (χ2v) is 5.56. The molecule has 0 saturated heterocycles. The molecule has 0 saturated carbocycles. The second kappa shape index (κ2) is 6.29. The van der Waals surface area contributed by atoms with Crippen LogP contribution in [0.15, 0.2) is 46.9 Å². The summed E-state index contributed by atoms with van der Waals surface area (Å²) in [6.45, 7) is 1.77. The zero-order valence-electron chi connectivity index (χ0n) is 11.8. The molecule has 2 rings (SSSR count). The second-order valence-electron chi connectivity index (χ2n) is 4.64. The Labute approximate surface area is 127 Å². The van der Waals surface area contributed by atoms with E-state index in [-0.39, 0.29) is 0 Å². The summed E-state index contributed by atoms with van der Waals surface area (Å²) in [5.41, 5.74) is 2.85. The number of ether oxygens (including phenoxy) is 1. The maximum Gasteiger partial charge on any atom is 0.120 e. The molecule has 0 aromatic heterocycles. The van der Waals surface area contributed by atoms with Crippen molar-refractivity contribution in [2.45, 2.75) is 13.0 Å². The third kappa shape index (κ3) is 3.14. The van der Waals surface area contributed by atoms with E-state index in [1.807, 2.05) is 54.4 Å². The van der Waals surface area contributed by atoms with Crippen LogP contribution in [0.4, 0.5) is 11.4 Å². The maximum atomic E-state index is 9.93. The Morgan fingerprint density at radius 1 is 1.20 bits per heavy atom. The van der Waals surface area contributed by atoms with E-state index in [1.54, 1.807) is 14.0 Å². The molecule has 0 bridgehead atoms. The van der Waals surface area contributed by atoms with Crippen LogP contribution in [0.25, 0.3) is 0 Å². The van der Waals surface area contributed by atoms with E-state index in [0.29, 0.717) is 0 Å². The predicted octanol–water partition coefficient (Wildman–Crippen LogP) is 4.28. The van der Waals surface area contributed by atoms with Gasteiger partial charge in [-0.25, -0.2) is 0 Å². The lowest BCUT2D eigenvalue weighted by Gasteiger charge is -2.24. The Morgan fingerprint density at radius 2 is 1.95 bits per heavy atom. The van der Waals surface area contributed by atoms with Gasteiger partial charge in [0.25, 0.3) is 0 Å². The summed E-state index contributed by atoms with van der Waals surface area (Å²) in [7, 11) is 3.63. The van der Waals surface area contributed by atoms with Crippen molar-refractivity contribution in [3.05, 3.63) is 52.5 Å². The molecule has 20 heavy (non-hydrogen) atoms. The minimum atomic E-state index is -0.522. The molecule has 3 nitrogen and oxygen atoms in total. The van der Waals surface area contributed by atoms with Gasteiger partial charge in [-0.1, -0.05) is 28.1 Å². The highest BCUT2D eigenvalue weighted by Crippen LogP contribution is 2.34. The predicted molar refractivity (Wildman–Crippen MR) is 85.8 cm³/mol. The molecule has 2 aromatic carbocycles. The third-order valence-corrected chi connectivity index (χ3v) is 3.74. The van der Waals surface area contributed by atoms with E-state index < -0.39 is 6.10 Å². The van der Waals surface area contributed by atoms with Gasteiger partial charge in [-0.15, -0.1) is 0 Å².